The normalized spacial score (nSPS) is 19.7. The zero-order chi connectivity index (χ0) is 18.7. The molecule has 0 aliphatic carbocycles. The third-order valence-corrected chi connectivity index (χ3v) is 4.92. The summed E-state index contributed by atoms with van der Waals surface area (Å²) in [6, 6.07) is 14.9. The highest BCUT2D eigenvalue weighted by Crippen LogP contribution is 2.36. The molecule has 1 fully saturated rings. The molecule has 0 bridgehead atoms. The molecule has 0 unspecified atom stereocenters. The lowest BCUT2D eigenvalue weighted by Crippen LogP contribution is -2.45. The van der Waals surface area contributed by atoms with Crippen LogP contribution in [0.5, 0.6) is 0 Å². The molecule has 2 aromatic rings. The molecule has 1 heterocycles. The van der Waals surface area contributed by atoms with Gasteiger partial charge in [-0.15, -0.1) is 0 Å². The van der Waals surface area contributed by atoms with Crippen LogP contribution >= 0.6 is 0 Å². The topological polar surface area (TPSA) is 58.6 Å². The molecule has 136 valence electrons. The van der Waals surface area contributed by atoms with Crippen LogP contribution in [0.4, 0.5) is 4.79 Å². The highest BCUT2D eigenvalue weighted by atomic mass is 16.5. The Morgan fingerprint density at radius 3 is 2.38 bits per heavy atom. The molecule has 1 saturated heterocycles. The Hall–Kier alpha value is -2.66. The molecule has 2 aromatic carbocycles. The SMILES string of the molecule is CCOCCN1C(=O)N[C@@](c2ccccc2)(c2ccc(C)c(C)c2)C1=O. The number of hydrogen-bond acceptors (Lipinski definition) is 3. The lowest BCUT2D eigenvalue weighted by molar-refractivity contribution is -0.130. The number of aryl methyl sites for hydroxylation is 2. The zero-order valence-corrected chi connectivity index (χ0v) is 15.4. The maximum absolute atomic E-state index is 13.4. The predicted molar refractivity (Wildman–Crippen MR) is 99.9 cm³/mol. The van der Waals surface area contributed by atoms with Crippen molar-refractivity contribution in [1.82, 2.24) is 10.2 Å². The van der Waals surface area contributed by atoms with Crippen LogP contribution < -0.4 is 5.32 Å². The van der Waals surface area contributed by atoms with Crippen LogP contribution in [0, 0.1) is 13.8 Å². The Labute approximate surface area is 154 Å². The van der Waals surface area contributed by atoms with Gasteiger partial charge < -0.3 is 10.1 Å². The van der Waals surface area contributed by atoms with Gasteiger partial charge >= 0.3 is 6.03 Å². The number of carbonyl (C=O) groups excluding carboxylic acids is 2. The number of nitrogens with one attached hydrogen (secondary N) is 1. The Morgan fingerprint density at radius 2 is 1.73 bits per heavy atom. The summed E-state index contributed by atoms with van der Waals surface area (Å²) < 4.78 is 5.33. The van der Waals surface area contributed by atoms with Crippen LogP contribution in [-0.2, 0) is 15.1 Å². The van der Waals surface area contributed by atoms with E-state index in [0.717, 1.165) is 22.3 Å². The fourth-order valence-corrected chi connectivity index (χ4v) is 3.30. The molecule has 26 heavy (non-hydrogen) atoms. The summed E-state index contributed by atoms with van der Waals surface area (Å²) in [5.41, 5.74) is 2.53. The second-order valence-electron chi connectivity index (χ2n) is 6.50. The molecule has 0 aromatic heterocycles. The number of urea groups is 1. The van der Waals surface area contributed by atoms with Gasteiger partial charge in [-0.1, -0.05) is 48.5 Å². The van der Waals surface area contributed by atoms with Crippen molar-refractivity contribution in [3.05, 3.63) is 70.8 Å². The first-order chi connectivity index (χ1) is 12.5. The summed E-state index contributed by atoms with van der Waals surface area (Å²) in [6.07, 6.45) is 0. The Morgan fingerprint density at radius 1 is 1.00 bits per heavy atom. The Balaban J connectivity index is 2.09. The Kier molecular flexibility index (Phi) is 5.09. The van der Waals surface area contributed by atoms with Crippen molar-refractivity contribution in [3.63, 3.8) is 0 Å². The van der Waals surface area contributed by atoms with E-state index in [4.69, 9.17) is 4.74 Å². The van der Waals surface area contributed by atoms with E-state index in [0.29, 0.717) is 13.2 Å². The molecule has 0 saturated carbocycles. The van der Waals surface area contributed by atoms with Crippen molar-refractivity contribution in [2.45, 2.75) is 26.3 Å². The van der Waals surface area contributed by atoms with Crippen molar-refractivity contribution in [3.8, 4) is 0 Å². The van der Waals surface area contributed by atoms with Gasteiger partial charge in [0.25, 0.3) is 5.91 Å². The minimum atomic E-state index is -1.21. The lowest BCUT2D eigenvalue weighted by Gasteiger charge is -2.28. The molecule has 1 aliphatic heterocycles. The highest BCUT2D eigenvalue weighted by molar-refractivity contribution is 6.09. The summed E-state index contributed by atoms with van der Waals surface area (Å²) in [5, 5.41) is 2.96. The third-order valence-electron chi connectivity index (χ3n) is 4.92. The third kappa shape index (κ3) is 2.99. The molecule has 1 atom stereocenters. The molecule has 3 amide bonds. The second kappa shape index (κ2) is 7.30. The van der Waals surface area contributed by atoms with Crippen molar-refractivity contribution in [1.29, 1.82) is 0 Å². The average Bonchev–Trinajstić information content (AvgIpc) is 2.90. The number of imide groups is 1. The van der Waals surface area contributed by atoms with Gasteiger partial charge in [-0.3, -0.25) is 9.69 Å². The maximum Gasteiger partial charge on any atom is 0.325 e. The van der Waals surface area contributed by atoms with E-state index < -0.39 is 11.6 Å². The fourth-order valence-electron chi connectivity index (χ4n) is 3.30. The first kappa shape index (κ1) is 18.1. The molecular weight excluding hydrogens is 328 g/mol. The van der Waals surface area contributed by atoms with Crippen LogP contribution in [0.3, 0.4) is 0 Å². The van der Waals surface area contributed by atoms with Gasteiger partial charge in [0.05, 0.1) is 13.2 Å². The summed E-state index contributed by atoms with van der Waals surface area (Å²) in [7, 11) is 0. The van der Waals surface area contributed by atoms with Crippen molar-refractivity contribution < 1.29 is 14.3 Å². The van der Waals surface area contributed by atoms with Gasteiger partial charge in [-0.05, 0) is 43.0 Å². The second-order valence-corrected chi connectivity index (χ2v) is 6.50. The average molecular weight is 352 g/mol. The van der Waals surface area contributed by atoms with E-state index in [1.54, 1.807) is 0 Å². The molecule has 1 aliphatic rings. The highest BCUT2D eigenvalue weighted by Gasteiger charge is 2.53. The van der Waals surface area contributed by atoms with Gasteiger partial charge in [0.1, 0.15) is 0 Å². The molecular formula is C21H24N2O3. The van der Waals surface area contributed by atoms with E-state index in [1.165, 1.54) is 4.90 Å². The number of amides is 3. The standard InChI is InChI=1S/C21H24N2O3/c1-4-26-13-12-23-19(24)21(22-20(23)25,17-8-6-5-7-9-17)18-11-10-15(2)16(3)14-18/h5-11,14H,4,12-13H2,1-3H3,(H,22,25)/t21-/m0/s1. The monoisotopic (exact) mass is 352 g/mol. The molecule has 1 N–H and O–H groups in total. The van der Waals surface area contributed by atoms with Crippen molar-refractivity contribution >= 4 is 11.9 Å². The predicted octanol–water partition coefficient (Wildman–Crippen LogP) is 3.14. The summed E-state index contributed by atoms with van der Waals surface area (Å²) in [6.45, 7) is 7.02. The molecule has 3 rings (SSSR count). The first-order valence-corrected chi connectivity index (χ1v) is 8.85. The van der Waals surface area contributed by atoms with Crippen molar-refractivity contribution in [2.24, 2.45) is 0 Å². The fraction of sp³-hybridized carbons (Fsp3) is 0.333. The number of nitrogens with zero attached hydrogens (tertiary/aromatic N) is 1. The van der Waals surface area contributed by atoms with Crippen LogP contribution in [-0.4, -0.2) is 36.6 Å². The molecule has 5 heteroatoms. The van der Waals surface area contributed by atoms with E-state index in [-0.39, 0.29) is 12.5 Å². The van der Waals surface area contributed by atoms with E-state index in [1.807, 2.05) is 69.3 Å². The van der Waals surface area contributed by atoms with E-state index in [9.17, 15) is 9.59 Å². The van der Waals surface area contributed by atoms with Crippen LogP contribution in [0.25, 0.3) is 0 Å². The molecule has 5 nitrogen and oxygen atoms in total. The van der Waals surface area contributed by atoms with Crippen LogP contribution in [0.15, 0.2) is 48.5 Å². The van der Waals surface area contributed by atoms with Gasteiger partial charge in [-0.2, -0.15) is 0 Å². The smallest absolute Gasteiger partial charge is 0.325 e. The summed E-state index contributed by atoms with van der Waals surface area (Å²) in [5.74, 6) is -0.267. The summed E-state index contributed by atoms with van der Waals surface area (Å²) in [4.78, 5) is 27.3. The number of rotatable bonds is 6. The first-order valence-electron chi connectivity index (χ1n) is 8.85. The lowest BCUT2D eigenvalue weighted by atomic mass is 9.81. The van der Waals surface area contributed by atoms with E-state index in [2.05, 4.69) is 5.32 Å². The Bertz CT molecular complexity index is 819. The van der Waals surface area contributed by atoms with Gasteiger partial charge in [0, 0.05) is 6.61 Å². The molecule has 0 spiro atoms. The quantitative estimate of drug-likeness (QED) is 0.642. The maximum atomic E-state index is 13.4. The largest absolute Gasteiger partial charge is 0.380 e. The minimum Gasteiger partial charge on any atom is -0.380 e. The summed E-state index contributed by atoms with van der Waals surface area (Å²) >= 11 is 0. The van der Waals surface area contributed by atoms with Gasteiger partial charge in [-0.25, -0.2) is 4.79 Å². The minimum absolute atomic E-state index is 0.234. The van der Waals surface area contributed by atoms with Gasteiger partial charge in [0.2, 0.25) is 0 Å². The number of carbonyl (C=O) groups is 2. The number of hydrogen-bond donors (Lipinski definition) is 1. The van der Waals surface area contributed by atoms with Gasteiger partial charge in [0.15, 0.2) is 5.54 Å². The number of ether oxygens (including phenoxy) is 1. The molecule has 0 radical (unpaired) electrons. The van der Waals surface area contributed by atoms with E-state index >= 15 is 0 Å². The zero-order valence-electron chi connectivity index (χ0n) is 15.4. The van der Waals surface area contributed by atoms with Crippen molar-refractivity contribution in [2.75, 3.05) is 19.8 Å². The van der Waals surface area contributed by atoms with Crippen LogP contribution in [0.1, 0.15) is 29.2 Å². The number of benzene rings is 2. The van der Waals surface area contributed by atoms with Crippen LogP contribution in [0.2, 0.25) is 0 Å².